The van der Waals surface area contributed by atoms with E-state index in [0.717, 1.165) is 17.8 Å². The molecule has 114 valence electrons. The molecule has 4 saturated carbocycles. The Morgan fingerprint density at radius 2 is 1.50 bits per heavy atom. The standard InChI is InChI=1S/C20H34/c1-3-4-5-6-7-8-16-13(2)17-12-18(16)20-15-10-9-14(11-15)19(17)20/h13-20H,3-12H2,1-2H3. The Morgan fingerprint density at radius 3 is 2.25 bits per heavy atom. The van der Waals surface area contributed by atoms with E-state index < -0.39 is 0 Å². The molecule has 4 bridgehead atoms. The van der Waals surface area contributed by atoms with E-state index in [2.05, 4.69) is 13.8 Å². The number of hydrogen-bond acceptors (Lipinski definition) is 0. The van der Waals surface area contributed by atoms with Crippen LogP contribution in [0.15, 0.2) is 0 Å². The molecule has 8 unspecified atom stereocenters. The topological polar surface area (TPSA) is 0 Å². The first-order chi connectivity index (χ1) is 9.81. The second-order valence-electron chi connectivity index (χ2n) is 8.78. The van der Waals surface area contributed by atoms with Crippen LogP contribution in [0.25, 0.3) is 0 Å². The second-order valence-corrected chi connectivity index (χ2v) is 8.78. The Balaban J connectivity index is 1.36. The molecule has 0 heteroatoms. The molecule has 0 radical (unpaired) electrons. The smallest absolute Gasteiger partial charge is 0.0321 e. The van der Waals surface area contributed by atoms with Gasteiger partial charge in [0.2, 0.25) is 0 Å². The lowest BCUT2D eigenvalue weighted by Crippen LogP contribution is -2.37. The zero-order valence-corrected chi connectivity index (χ0v) is 13.7. The van der Waals surface area contributed by atoms with Crippen LogP contribution in [0.4, 0.5) is 0 Å². The van der Waals surface area contributed by atoms with Crippen molar-refractivity contribution >= 4 is 0 Å². The molecule has 0 saturated heterocycles. The molecule has 0 aromatic carbocycles. The lowest BCUT2D eigenvalue weighted by molar-refractivity contribution is 0.0583. The van der Waals surface area contributed by atoms with Gasteiger partial charge in [0.05, 0.1) is 0 Å². The van der Waals surface area contributed by atoms with Crippen LogP contribution in [-0.4, -0.2) is 0 Å². The minimum absolute atomic E-state index is 1.08. The Hall–Kier alpha value is 0. The predicted octanol–water partition coefficient (Wildman–Crippen LogP) is 5.91. The number of rotatable bonds is 6. The van der Waals surface area contributed by atoms with E-state index in [1.54, 1.807) is 32.1 Å². The molecule has 4 aliphatic rings. The molecule has 20 heavy (non-hydrogen) atoms. The quantitative estimate of drug-likeness (QED) is 0.417. The summed E-state index contributed by atoms with van der Waals surface area (Å²) < 4.78 is 0. The lowest BCUT2D eigenvalue weighted by atomic mass is 9.63. The third kappa shape index (κ3) is 1.92. The number of fused-ring (bicyclic) bond motifs is 9. The summed E-state index contributed by atoms with van der Waals surface area (Å²) in [5, 5.41) is 0. The molecule has 4 rings (SSSR count). The number of unbranched alkanes of at least 4 members (excludes halogenated alkanes) is 4. The van der Waals surface area contributed by atoms with Crippen LogP contribution < -0.4 is 0 Å². The van der Waals surface area contributed by atoms with Gasteiger partial charge in [0.15, 0.2) is 0 Å². The average Bonchev–Trinajstić information content (AvgIpc) is 3.16. The van der Waals surface area contributed by atoms with Crippen molar-refractivity contribution in [1.29, 1.82) is 0 Å². The van der Waals surface area contributed by atoms with Gasteiger partial charge in [-0.2, -0.15) is 0 Å². The highest BCUT2D eigenvalue weighted by Crippen LogP contribution is 2.70. The maximum absolute atomic E-state index is 2.63. The minimum atomic E-state index is 1.08. The Kier molecular flexibility index (Phi) is 3.63. The monoisotopic (exact) mass is 274 g/mol. The third-order valence-corrected chi connectivity index (χ3v) is 8.12. The highest BCUT2D eigenvalue weighted by molar-refractivity contribution is 5.12. The van der Waals surface area contributed by atoms with Gasteiger partial charge < -0.3 is 0 Å². The number of hydrogen-bond donors (Lipinski definition) is 0. The molecule has 4 aliphatic carbocycles. The molecular formula is C20H34. The summed E-state index contributed by atoms with van der Waals surface area (Å²) in [5.41, 5.74) is 0. The van der Waals surface area contributed by atoms with Gasteiger partial charge in [-0.05, 0) is 79.4 Å². The summed E-state index contributed by atoms with van der Waals surface area (Å²) in [5.74, 6) is 9.28. The molecule has 0 aliphatic heterocycles. The van der Waals surface area contributed by atoms with Crippen LogP contribution in [0.5, 0.6) is 0 Å². The first kappa shape index (κ1) is 13.6. The maximum atomic E-state index is 2.63. The van der Waals surface area contributed by atoms with Crippen LogP contribution in [0.2, 0.25) is 0 Å². The van der Waals surface area contributed by atoms with Crippen LogP contribution in [0, 0.1) is 47.3 Å². The van der Waals surface area contributed by atoms with Crippen molar-refractivity contribution in [1.82, 2.24) is 0 Å². The fourth-order valence-electron chi connectivity index (χ4n) is 7.47. The first-order valence-corrected chi connectivity index (χ1v) is 9.81. The highest BCUT2D eigenvalue weighted by Gasteiger charge is 2.64. The van der Waals surface area contributed by atoms with Crippen molar-refractivity contribution in [3.8, 4) is 0 Å². The molecular weight excluding hydrogens is 240 g/mol. The summed E-state index contributed by atoms with van der Waals surface area (Å²) in [6, 6.07) is 0. The van der Waals surface area contributed by atoms with E-state index in [9.17, 15) is 0 Å². The molecule has 4 fully saturated rings. The van der Waals surface area contributed by atoms with E-state index in [1.807, 2.05) is 0 Å². The molecule has 0 heterocycles. The van der Waals surface area contributed by atoms with Gasteiger partial charge in [-0.1, -0.05) is 46.0 Å². The minimum Gasteiger partial charge on any atom is -0.0654 e. The molecule has 0 aromatic heterocycles. The molecule has 0 spiro atoms. The molecule has 8 atom stereocenters. The van der Waals surface area contributed by atoms with Gasteiger partial charge in [-0.3, -0.25) is 0 Å². The average molecular weight is 274 g/mol. The van der Waals surface area contributed by atoms with Crippen LogP contribution in [-0.2, 0) is 0 Å². The second kappa shape index (κ2) is 5.33. The van der Waals surface area contributed by atoms with Crippen molar-refractivity contribution in [2.24, 2.45) is 47.3 Å². The zero-order valence-electron chi connectivity index (χ0n) is 13.7. The van der Waals surface area contributed by atoms with Crippen molar-refractivity contribution in [2.45, 2.75) is 78.1 Å². The van der Waals surface area contributed by atoms with Crippen molar-refractivity contribution in [3.05, 3.63) is 0 Å². The van der Waals surface area contributed by atoms with Gasteiger partial charge in [-0.25, -0.2) is 0 Å². The summed E-state index contributed by atoms with van der Waals surface area (Å²) in [4.78, 5) is 0. The molecule has 0 amide bonds. The van der Waals surface area contributed by atoms with Gasteiger partial charge >= 0.3 is 0 Å². The van der Waals surface area contributed by atoms with Crippen LogP contribution >= 0.6 is 0 Å². The normalized spacial score (nSPS) is 51.9. The molecule has 0 nitrogen and oxygen atoms in total. The fraction of sp³-hybridized carbons (Fsp3) is 1.00. The summed E-state index contributed by atoms with van der Waals surface area (Å²) in [7, 11) is 0. The Labute approximate surface area is 126 Å². The SMILES string of the molecule is CCCCCCCC1C(C)C2CC1C1C3CCC(C3)C21. The molecule has 0 N–H and O–H groups in total. The Bertz CT molecular complexity index is 346. The summed E-state index contributed by atoms with van der Waals surface area (Å²) >= 11 is 0. The van der Waals surface area contributed by atoms with Crippen molar-refractivity contribution in [3.63, 3.8) is 0 Å². The summed E-state index contributed by atoms with van der Waals surface area (Å²) in [6.07, 6.45) is 15.4. The third-order valence-electron chi connectivity index (χ3n) is 8.12. The summed E-state index contributed by atoms with van der Waals surface area (Å²) in [6.45, 7) is 4.96. The van der Waals surface area contributed by atoms with Gasteiger partial charge in [0.1, 0.15) is 0 Å². The predicted molar refractivity (Wildman–Crippen MR) is 85.4 cm³/mol. The first-order valence-electron chi connectivity index (χ1n) is 9.81. The largest absolute Gasteiger partial charge is 0.0654 e. The van der Waals surface area contributed by atoms with Crippen molar-refractivity contribution < 1.29 is 0 Å². The molecule has 0 aromatic rings. The van der Waals surface area contributed by atoms with E-state index in [-0.39, 0.29) is 0 Å². The van der Waals surface area contributed by atoms with E-state index in [0.29, 0.717) is 0 Å². The van der Waals surface area contributed by atoms with Gasteiger partial charge in [0.25, 0.3) is 0 Å². The Morgan fingerprint density at radius 1 is 0.800 bits per heavy atom. The van der Waals surface area contributed by atoms with Crippen LogP contribution in [0.1, 0.15) is 78.1 Å². The van der Waals surface area contributed by atoms with E-state index in [4.69, 9.17) is 0 Å². The lowest BCUT2D eigenvalue weighted by Gasteiger charge is -2.42. The van der Waals surface area contributed by atoms with Crippen LogP contribution in [0.3, 0.4) is 0 Å². The van der Waals surface area contributed by atoms with Crippen molar-refractivity contribution in [2.75, 3.05) is 0 Å². The fourth-order valence-corrected chi connectivity index (χ4v) is 7.47. The van der Waals surface area contributed by atoms with Gasteiger partial charge in [0, 0.05) is 0 Å². The highest BCUT2D eigenvalue weighted by atomic mass is 14.7. The van der Waals surface area contributed by atoms with E-state index in [1.165, 1.54) is 61.7 Å². The maximum Gasteiger partial charge on any atom is -0.0321 e. The zero-order chi connectivity index (χ0) is 13.7. The van der Waals surface area contributed by atoms with E-state index >= 15 is 0 Å². The van der Waals surface area contributed by atoms with Gasteiger partial charge in [-0.15, -0.1) is 0 Å².